The van der Waals surface area contributed by atoms with Crippen LogP contribution in [0.2, 0.25) is 0 Å². The molecule has 0 bridgehead atoms. The predicted molar refractivity (Wildman–Crippen MR) is 98.4 cm³/mol. The summed E-state index contributed by atoms with van der Waals surface area (Å²) in [5, 5.41) is 15.6. The highest BCUT2D eigenvalue weighted by atomic mass is 16.6. The van der Waals surface area contributed by atoms with Crippen LogP contribution < -0.4 is 4.74 Å². The second-order valence-electron chi connectivity index (χ2n) is 5.75. The highest BCUT2D eigenvalue weighted by Crippen LogP contribution is 2.23. The van der Waals surface area contributed by atoms with E-state index in [9.17, 15) is 19.7 Å². The lowest BCUT2D eigenvalue weighted by Gasteiger charge is -2.09. The van der Waals surface area contributed by atoms with Gasteiger partial charge in [0.2, 0.25) is 0 Å². The van der Waals surface area contributed by atoms with Gasteiger partial charge in [0, 0.05) is 17.7 Å². The Balaban J connectivity index is 1.88. The van der Waals surface area contributed by atoms with E-state index in [1.54, 1.807) is 44.4 Å². The number of non-ortho nitro benzene ring substituents is 1. The normalized spacial score (nSPS) is 15.0. The predicted octanol–water partition coefficient (Wildman–Crippen LogP) is 3.05. The number of amides is 2. The molecule has 0 saturated heterocycles. The number of nitrogens with zero attached hydrogens (tertiary/aromatic N) is 3. The van der Waals surface area contributed by atoms with Gasteiger partial charge < -0.3 is 4.74 Å². The van der Waals surface area contributed by atoms with E-state index in [1.807, 2.05) is 0 Å². The van der Waals surface area contributed by atoms with E-state index in [-0.39, 0.29) is 16.8 Å². The molecule has 0 aliphatic carbocycles. The molecule has 0 radical (unpaired) electrons. The van der Waals surface area contributed by atoms with Gasteiger partial charge in [-0.1, -0.05) is 18.2 Å². The summed E-state index contributed by atoms with van der Waals surface area (Å²) in [6.07, 6.45) is 1.63. The van der Waals surface area contributed by atoms with E-state index >= 15 is 0 Å². The fourth-order valence-corrected chi connectivity index (χ4v) is 2.56. The maximum absolute atomic E-state index is 12.6. The van der Waals surface area contributed by atoms with Crippen molar-refractivity contribution in [2.75, 3.05) is 7.11 Å². The number of carbonyl (C=O) groups excluding carboxylic acids is 2. The molecule has 2 aromatic carbocycles. The van der Waals surface area contributed by atoms with Gasteiger partial charge in [-0.25, -0.2) is 0 Å². The van der Waals surface area contributed by atoms with Crippen LogP contribution in [-0.2, 0) is 4.79 Å². The summed E-state index contributed by atoms with van der Waals surface area (Å²) in [6.45, 7) is 1.62. The van der Waals surface area contributed by atoms with E-state index in [2.05, 4.69) is 5.10 Å². The standard InChI is InChI=1S/C19H15N3O5/c1-12-17(10-13-6-8-16(27-2)9-7-13)19(24)21(20-12)18(23)14-4-3-5-15(11-14)22(25)26/h3-11H,1-2H3. The third-order valence-corrected chi connectivity index (χ3v) is 3.99. The first-order valence-corrected chi connectivity index (χ1v) is 7.95. The zero-order valence-corrected chi connectivity index (χ0v) is 14.6. The molecule has 0 fully saturated rings. The Bertz CT molecular complexity index is 993. The maximum Gasteiger partial charge on any atom is 0.283 e. The van der Waals surface area contributed by atoms with Crippen molar-refractivity contribution in [3.05, 3.63) is 75.3 Å². The summed E-state index contributed by atoms with van der Waals surface area (Å²) in [5.74, 6) is -0.622. The molecule has 0 saturated carbocycles. The zero-order chi connectivity index (χ0) is 19.6. The van der Waals surface area contributed by atoms with Gasteiger partial charge in [-0.3, -0.25) is 19.7 Å². The van der Waals surface area contributed by atoms with E-state index in [1.165, 1.54) is 18.2 Å². The molecule has 0 unspecified atom stereocenters. The molecule has 0 atom stereocenters. The number of carbonyl (C=O) groups is 2. The Labute approximate surface area is 154 Å². The number of rotatable bonds is 4. The van der Waals surface area contributed by atoms with Crippen LogP contribution in [0.3, 0.4) is 0 Å². The van der Waals surface area contributed by atoms with E-state index in [4.69, 9.17) is 4.74 Å². The first-order chi connectivity index (χ1) is 12.9. The van der Waals surface area contributed by atoms with Crippen LogP contribution in [-0.4, -0.2) is 34.6 Å². The lowest BCUT2D eigenvalue weighted by molar-refractivity contribution is -0.384. The van der Waals surface area contributed by atoms with Gasteiger partial charge in [0.25, 0.3) is 17.5 Å². The molecular weight excluding hydrogens is 350 g/mol. The van der Waals surface area contributed by atoms with Gasteiger partial charge in [-0.05, 0) is 36.8 Å². The molecule has 2 aromatic rings. The molecule has 1 aliphatic rings. The summed E-state index contributed by atoms with van der Waals surface area (Å²) in [7, 11) is 1.56. The van der Waals surface area contributed by atoms with Crippen molar-refractivity contribution in [1.29, 1.82) is 0 Å². The van der Waals surface area contributed by atoms with Crippen molar-refractivity contribution in [2.45, 2.75) is 6.92 Å². The monoisotopic (exact) mass is 365 g/mol. The van der Waals surface area contributed by atoms with E-state index < -0.39 is 16.7 Å². The molecule has 136 valence electrons. The van der Waals surface area contributed by atoms with Crippen LogP contribution in [0.25, 0.3) is 6.08 Å². The maximum atomic E-state index is 12.6. The number of ether oxygens (including phenoxy) is 1. The molecule has 2 amide bonds. The SMILES string of the molecule is COc1ccc(C=C2C(=O)N(C(=O)c3cccc([N+](=O)[O-])c3)N=C2C)cc1. The van der Waals surface area contributed by atoms with Gasteiger partial charge >= 0.3 is 0 Å². The van der Waals surface area contributed by atoms with Gasteiger partial charge in [0.15, 0.2) is 0 Å². The lowest BCUT2D eigenvalue weighted by Crippen LogP contribution is -2.29. The number of hydrogen-bond donors (Lipinski definition) is 0. The largest absolute Gasteiger partial charge is 0.497 e. The quantitative estimate of drug-likeness (QED) is 0.359. The van der Waals surface area contributed by atoms with Crippen LogP contribution in [0.5, 0.6) is 5.75 Å². The third kappa shape index (κ3) is 3.59. The summed E-state index contributed by atoms with van der Waals surface area (Å²) in [5.41, 5.74) is 1.19. The van der Waals surface area contributed by atoms with Crippen molar-refractivity contribution < 1.29 is 19.2 Å². The molecule has 0 N–H and O–H groups in total. The fraction of sp³-hybridized carbons (Fsp3) is 0.105. The smallest absolute Gasteiger partial charge is 0.283 e. The molecule has 1 aliphatic heterocycles. The second-order valence-corrected chi connectivity index (χ2v) is 5.75. The Morgan fingerprint density at radius 1 is 1.22 bits per heavy atom. The molecule has 0 aromatic heterocycles. The number of nitro groups is 1. The Kier molecular flexibility index (Phi) is 4.80. The Morgan fingerprint density at radius 2 is 1.93 bits per heavy atom. The number of hydrazone groups is 1. The third-order valence-electron chi connectivity index (χ3n) is 3.99. The van der Waals surface area contributed by atoms with Gasteiger partial charge in [-0.15, -0.1) is 0 Å². The van der Waals surface area contributed by atoms with Gasteiger partial charge in [0.1, 0.15) is 5.75 Å². The number of methoxy groups -OCH3 is 1. The first kappa shape index (κ1) is 18.0. The topological polar surface area (TPSA) is 102 Å². The molecule has 1 heterocycles. The Hall–Kier alpha value is -3.81. The van der Waals surface area contributed by atoms with Crippen molar-refractivity contribution >= 4 is 29.3 Å². The summed E-state index contributed by atoms with van der Waals surface area (Å²) < 4.78 is 5.09. The zero-order valence-electron chi connectivity index (χ0n) is 14.6. The molecule has 8 nitrogen and oxygen atoms in total. The summed E-state index contributed by atoms with van der Waals surface area (Å²) in [4.78, 5) is 35.5. The first-order valence-electron chi connectivity index (χ1n) is 7.95. The average molecular weight is 365 g/mol. The van der Waals surface area contributed by atoms with Crippen molar-refractivity contribution in [2.24, 2.45) is 5.10 Å². The molecule has 3 rings (SSSR count). The summed E-state index contributed by atoms with van der Waals surface area (Å²) in [6, 6.07) is 12.2. The van der Waals surface area contributed by atoms with Crippen LogP contribution >= 0.6 is 0 Å². The molecule has 27 heavy (non-hydrogen) atoms. The van der Waals surface area contributed by atoms with Crippen LogP contribution in [0.15, 0.2) is 59.2 Å². The van der Waals surface area contributed by atoms with Gasteiger partial charge in [-0.2, -0.15) is 10.1 Å². The minimum absolute atomic E-state index is 0.0137. The molecule has 0 spiro atoms. The minimum atomic E-state index is -0.721. The average Bonchev–Trinajstić information content (AvgIpc) is 2.96. The van der Waals surface area contributed by atoms with Crippen LogP contribution in [0.4, 0.5) is 5.69 Å². The van der Waals surface area contributed by atoms with Crippen LogP contribution in [0.1, 0.15) is 22.8 Å². The van der Waals surface area contributed by atoms with E-state index in [0.29, 0.717) is 11.5 Å². The number of hydrogen-bond acceptors (Lipinski definition) is 6. The van der Waals surface area contributed by atoms with Crippen LogP contribution in [0, 0.1) is 10.1 Å². The van der Waals surface area contributed by atoms with E-state index in [0.717, 1.165) is 16.6 Å². The van der Waals surface area contributed by atoms with Crippen molar-refractivity contribution in [1.82, 2.24) is 5.01 Å². The molecule has 8 heteroatoms. The summed E-state index contributed by atoms with van der Waals surface area (Å²) >= 11 is 0. The second kappa shape index (κ2) is 7.20. The van der Waals surface area contributed by atoms with Gasteiger partial charge in [0.05, 0.1) is 23.3 Å². The highest BCUT2D eigenvalue weighted by Gasteiger charge is 2.33. The highest BCUT2D eigenvalue weighted by molar-refractivity contribution is 6.30. The molecular formula is C19H15N3O5. The van der Waals surface area contributed by atoms with Crippen molar-refractivity contribution in [3.8, 4) is 5.75 Å². The van der Waals surface area contributed by atoms with Crippen molar-refractivity contribution in [3.63, 3.8) is 0 Å². The minimum Gasteiger partial charge on any atom is -0.497 e. The Morgan fingerprint density at radius 3 is 2.56 bits per heavy atom. The number of nitro benzene ring substituents is 1. The number of benzene rings is 2. The lowest BCUT2D eigenvalue weighted by atomic mass is 10.1. The fourth-order valence-electron chi connectivity index (χ4n) is 2.56. The number of imide groups is 1.